The van der Waals surface area contributed by atoms with Gasteiger partial charge in [-0.3, -0.25) is 0 Å². The second-order valence-electron chi connectivity index (χ2n) is 5.71. The molecule has 0 saturated heterocycles. The number of rotatable bonds is 8. The zero-order valence-electron chi connectivity index (χ0n) is 13.6. The maximum atomic E-state index is 12.5. The molecule has 0 aliphatic carbocycles. The maximum Gasteiger partial charge on any atom is 0.449 e. The summed E-state index contributed by atoms with van der Waals surface area (Å²) >= 11 is 0.931. The Morgan fingerprint density at radius 3 is 2.65 bits per heavy atom. The number of aromatic nitrogens is 2. The Hall–Kier alpha value is -1.23. The third-order valence-electron chi connectivity index (χ3n) is 3.85. The van der Waals surface area contributed by atoms with E-state index in [1.807, 2.05) is 0 Å². The predicted octanol–water partition coefficient (Wildman–Crippen LogP) is 1.88. The van der Waals surface area contributed by atoms with Crippen molar-refractivity contribution < 1.29 is 13.2 Å². The van der Waals surface area contributed by atoms with E-state index in [0.29, 0.717) is 18.2 Å². The molecule has 0 saturated carbocycles. The van der Waals surface area contributed by atoms with Crippen molar-refractivity contribution in [2.45, 2.75) is 36.9 Å². The lowest BCUT2D eigenvalue weighted by molar-refractivity contribution is 0.228. The van der Waals surface area contributed by atoms with Crippen molar-refractivity contribution in [1.29, 1.82) is 0 Å². The Morgan fingerprint density at radius 1 is 1.30 bits per heavy atom. The molecule has 0 radical (unpaired) electrons. The Bertz CT molecular complexity index is 700. The number of unbranched alkanes of at least 4 members (excludes halogenated alkanes) is 3. The van der Waals surface area contributed by atoms with Crippen LogP contribution in [-0.2, 0) is 10.0 Å². The number of hydrogen-bond donors (Lipinski definition) is 0. The fraction of sp³-hybridized carbons (Fsp3) is 0.692. The van der Waals surface area contributed by atoms with Gasteiger partial charge in [0.15, 0.2) is 0 Å². The molecular formula is C13H22N5O3S2+. The van der Waals surface area contributed by atoms with Gasteiger partial charge < -0.3 is 0 Å². The van der Waals surface area contributed by atoms with E-state index in [-0.39, 0.29) is 14.9 Å². The number of quaternary nitrogens is 1. The molecule has 0 bridgehead atoms. The Morgan fingerprint density at radius 2 is 2.04 bits per heavy atom. The van der Waals surface area contributed by atoms with Gasteiger partial charge in [0.25, 0.3) is 14.4 Å². The molecule has 0 fully saturated rings. The summed E-state index contributed by atoms with van der Waals surface area (Å²) in [4.78, 5) is 15.6. The number of nitrogens with zero attached hydrogens (tertiary/aromatic N) is 5. The van der Waals surface area contributed by atoms with Crippen LogP contribution in [0.15, 0.2) is 9.33 Å². The first-order chi connectivity index (χ1) is 10.8. The van der Waals surface area contributed by atoms with Gasteiger partial charge in [-0.05, 0) is 17.8 Å². The molecule has 1 aliphatic heterocycles. The molecular weight excluding hydrogens is 338 g/mol. The van der Waals surface area contributed by atoms with Gasteiger partial charge in [-0.1, -0.05) is 31.3 Å². The van der Waals surface area contributed by atoms with Crippen LogP contribution in [0.2, 0.25) is 0 Å². The third-order valence-corrected chi connectivity index (χ3v) is 7.18. The minimum atomic E-state index is -3.66. The van der Waals surface area contributed by atoms with Crippen LogP contribution in [0, 0.1) is 0 Å². The Labute approximate surface area is 140 Å². The largest absolute Gasteiger partial charge is 0.449 e. The molecule has 1 unspecified atom stereocenters. The van der Waals surface area contributed by atoms with Crippen molar-refractivity contribution in [2.75, 3.05) is 27.2 Å². The van der Waals surface area contributed by atoms with Gasteiger partial charge in [0.2, 0.25) is 0 Å². The average molecular weight is 360 g/mol. The fourth-order valence-electron chi connectivity index (χ4n) is 2.17. The molecule has 23 heavy (non-hydrogen) atoms. The number of amides is 2. The first-order valence-electron chi connectivity index (χ1n) is 7.55. The molecule has 1 aliphatic rings. The highest BCUT2D eigenvalue weighted by molar-refractivity contribution is 7.91. The van der Waals surface area contributed by atoms with Gasteiger partial charge in [-0.2, -0.15) is 13.8 Å². The third kappa shape index (κ3) is 3.65. The molecule has 2 rings (SSSR count). The summed E-state index contributed by atoms with van der Waals surface area (Å²) in [5.41, 5.74) is 0. The van der Waals surface area contributed by atoms with Crippen LogP contribution in [0.5, 0.6) is 0 Å². The lowest BCUT2D eigenvalue weighted by Crippen LogP contribution is -2.46. The van der Waals surface area contributed by atoms with Crippen LogP contribution >= 0.6 is 11.3 Å². The van der Waals surface area contributed by atoms with Gasteiger partial charge in [0.1, 0.15) is 6.54 Å². The van der Waals surface area contributed by atoms with E-state index in [4.69, 9.17) is 0 Å². The highest BCUT2D eigenvalue weighted by atomic mass is 32.2. The maximum absolute atomic E-state index is 12.5. The number of urea groups is 1. The van der Waals surface area contributed by atoms with Gasteiger partial charge in [0, 0.05) is 13.6 Å². The number of aliphatic imine (C=N–C) groups is 1. The molecule has 1 aromatic heterocycles. The van der Waals surface area contributed by atoms with E-state index in [1.54, 1.807) is 14.1 Å². The number of carbonyl (C=O) groups excluding carboxylic acids is 1. The molecule has 2 amide bonds. The monoisotopic (exact) mass is 360 g/mol. The number of sulfonamides is 1. The summed E-state index contributed by atoms with van der Waals surface area (Å²) in [7, 11) is -0.465. The topological polar surface area (TPSA) is 92.6 Å². The smallest absolute Gasteiger partial charge is 0.204 e. The highest BCUT2D eigenvalue weighted by Gasteiger charge is 2.42. The zero-order valence-corrected chi connectivity index (χ0v) is 15.2. The molecule has 1 atom stereocenters. The predicted molar refractivity (Wildman–Crippen MR) is 90.3 cm³/mol. The standard InChI is InChI=1S/C13H22N5O3S2/c1-4-5-6-7-9-17(2)23(20,21)13-16-15-12(22-13)18(3)10-8-14-11(18)19/h8H,4-7,9-10H2,1-3H3/q+1. The minimum Gasteiger partial charge on any atom is -0.204 e. The van der Waals surface area contributed by atoms with Crippen molar-refractivity contribution >= 4 is 38.7 Å². The Kier molecular flexibility index (Phi) is 5.61. The molecule has 1 aromatic rings. The van der Waals surface area contributed by atoms with Crippen LogP contribution < -0.4 is 4.48 Å². The second-order valence-corrected chi connectivity index (χ2v) is 8.88. The van der Waals surface area contributed by atoms with E-state index in [2.05, 4.69) is 22.1 Å². The lowest BCUT2D eigenvalue weighted by Gasteiger charge is -2.18. The van der Waals surface area contributed by atoms with Gasteiger partial charge in [-0.15, -0.1) is 5.10 Å². The summed E-state index contributed by atoms with van der Waals surface area (Å²) in [6, 6.07) is -0.363. The van der Waals surface area contributed by atoms with Crippen molar-refractivity contribution in [2.24, 2.45) is 4.99 Å². The zero-order chi connectivity index (χ0) is 17.1. The van der Waals surface area contributed by atoms with Crippen molar-refractivity contribution in [3.8, 4) is 0 Å². The quantitative estimate of drug-likeness (QED) is 0.401. The fourth-order valence-corrected chi connectivity index (χ4v) is 4.65. The lowest BCUT2D eigenvalue weighted by atomic mass is 10.2. The van der Waals surface area contributed by atoms with E-state index in [0.717, 1.165) is 37.0 Å². The first-order valence-corrected chi connectivity index (χ1v) is 9.81. The Balaban J connectivity index is 2.11. The van der Waals surface area contributed by atoms with Crippen molar-refractivity contribution in [3.63, 3.8) is 0 Å². The second kappa shape index (κ2) is 7.12. The number of hydrogen-bond acceptors (Lipinski definition) is 6. The SMILES string of the molecule is CCCCCCN(C)S(=O)(=O)c1nnc([N+]2(C)CC=NC2=O)s1. The minimum absolute atomic E-state index is 0.0791. The van der Waals surface area contributed by atoms with Crippen molar-refractivity contribution in [3.05, 3.63) is 0 Å². The molecule has 2 heterocycles. The molecule has 8 nitrogen and oxygen atoms in total. The van der Waals surface area contributed by atoms with Gasteiger partial charge in [-0.25, -0.2) is 13.2 Å². The summed E-state index contributed by atoms with van der Waals surface area (Å²) in [5.74, 6) is 0. The van der Waals surface area contributed by atoms with E-state index in [1.165, 1.54) is 10.5 Å². The summed E-state index contributed by atoms with van der Waals surface area (Å²) in [6.45, 7) is 2.92. The normalized spacial score (nSPS) is 21.5. The molecule has 10 heteroatoms. The van der Waals surface area contributed by atoms with Gasteiger partial charge in [0.05, 0.1) is 13.3 Å². The van der Waals surface area contributed by atoms with Crippen LogP contribution in [0.25, 0.3) is 0 Å². The molecule has 0 aromatic carbocycles. The summed E-state index contributed by atoms with van der Waals surface area (Å²) in [6.07, 6.45) is 5.52. The van der Waals surface area contributed by atoms with Crippen LogP contribution in [0.1, 0.15) is 32.6 Å². The number of carbonyl (C=O) groups is 1. The van der Waals surface area contributed by atoms with Gasteiger partial charge >= 0.3 is 11.2 Å². The van der Waals surface area contributed by atoms with Crippen molar-refractivity contribution in [1.82, 2.24) is 19.0 Å². The van der Waals surface area contributed by atoms with Crippen LogP contribution in [0.3, 0.4) is 0 Å². The van der Waals surface area contributed by atoms with Crippen LogP contribution in [0.4, 0.5) is 9.93 Å². The highest BCUT2D eigenvalue weighted by Crippen LogP contribution is 2.31. The van der Waals surface area contributed by atoms with Crippen LogP contribution in [-0.4, -0.2) is 62.4 Å². The summed E-state index contributed by atoms with van der Waals surface area (Å²) in [5, 5.41) is 8.04. The summed E-state index contributed by atoms with van der Waals surface area (Å²) < 4.78 is 26.1. The van der Waals surface area contributed by atoms with E-state index < -0.39 is 10.0 Å². The van der Waals surface area contributed by atoms with E-state index in [9.17, 15) is 13.2 Å². The molecule has 0 spiro atoms. The average Bonchev–Trinajstić information content (AvgIpc) is 3.12. The van der Waals surface area contributed by atoms with E-state index >= 15 is 0 Å². The first kappa shape index (κ1) is 18.1. The molecule has 128 valence electrons. The molecule has 0 N–H and O–H groups in total.